The summed E-state index contributed by atoms with van der Waals surface area (Å²) in [7, 11) is -3.88. The number of hydrogen-bond donors (Lipinski definition) is 0. The Morgan fingerprint density at radius 2 is 1.27 bits per heavy atom. The zero-order chi connectivity index (χ0) is 19.9. The van der Waals surface area contributed by atoms with Crippen LogP contribution in [0.15, 0.2) is 12.0 Å². The topological polar surface area (TPSA) is 27.7 Å². The van der Waals surface area contributed by atoms with E-state index in [0.717, 1.165) is 64.8 Å². The summed E-state index contributed by atoms with van der Waals surface area (Å²) in [5.41, 5.74) is 0. The fraction of sp³-hybridized carbons (Fsp3) is 0.900. The second kappa shape index (κ2) is 15.3. The van der Waals surface area contributed by atoms with Crippen LogP contribution in [0.3, 0.4) is 0 Å². The van der Waals surface area contributed by atoms with Gasteiger partial charge in [-0.2, -0.15) is 0 Å². The highest BCUT2D eigenvalue weighted by atomic mass is 32.2. The van der Waals surface area contributed by atoms with Gasteiger partial charge in [-0.1, -0.05) is 72.3 Å². The summed E-state index contributed by atoms with van der Waals surface area (Å²) in [5.74, 6) is 0. The van der Waals surface area contributed by atoms with Gasteiger partial charge in [0.05, 0.1) is 4.87 Å². The van der Waals surface area contributed by atoms with E-state index >= 15 is 0 Å². The maximum absolute atomic E-state index is 6.48. The van der Waals surface area contributed by atoms with Gasteiger partial charge in [0, 0.05) is 27.9 Å². The SMILES string of the molecule is C=CSC(CC[Si](C)(C)C)[Si](OCCCC)(OCCCC)OCCCC. The highest BCUT2D eigenvalue weighted by molar-refractivity contribution is 8.04. The maximum atomic E-state index is 6.48. The van der Waals surface area contributed by atoms with Crippen LogP contribution in [0.4, 0.5) is 0 Å². The molecule has 1 unspecified atom stereocenters. The normalized spacial score (nSPS) is 13.8. The molecule has 0 saturated carbocycles. The molecule has 0 fully saturated rings. The zero-order valence-electron chi connectivity index (χ0n) is 18.3. The lowest BCUT2D eigenvalue weighted by Crippen LogP contribution is -2.56. The Kier molecular flexibility index (Phi) is 15.6. The van der Waals surface area contributed by atoms with Crippen LogP contribution in [0.5, 0.6) is 0 Å². The lowest BCUT2D eigenvalue weighted by atomic mass is 10.4. The number of thioether (sulfide) groups is 1. The molecule has 0 saturated heterocycles. The van der Waals surface area contributed by atoms with Crippen LogP contribution in [0.2, 0.25) is 25.7 Å². The van der Waals surface area contributed by atoms with Crippen LogP contribution < -0.4 is 0 Å². The van der Waals surface area contributed by atoms with Crippen molar-refractivity contribution in [1.29, 1.82) is 0 Å². The third kappa shape index (κ3) is 12.0. The van der Waals surface area contributed by atoms with E-state index in [1.165, 1.54) is 6.04 Å². The lowest BCUT2D eigenvalue weighted by Gasteiger charge is -2.36. The molecule has 3 nitrogen and oxygen atoms in total. The Morgan fingerprint density at radius 1 is 0.846 bits per heavy atom. The van der Waals surface area contributed by atoms with Crippen LogP contribution in [-0.2, 0) is 13.3 Å². The largest absolute Gasteiger partial charge is 0.515 e. The molecule has 0 aromatic heterocycles. The zero-order valence-corrected chi connectivity index (χ0v) is 21.1. The fourth-order valence-corrected chi connectivity index (χ4v) is 8.79. The molecule has 156 valence electrons. The summed E-state index contributed by atoms with van der Waals surface area (Å²) in [5, 5.41) is 1.95. The minimum Gasteiger partial charge on any atom is -0.373 e. The Balaban J connectivity index is 5.40. The fourth-order valence-electron chi connectivity index (χ4n) is 2.49. The molecule has 0 aromatic rings. The first-order valence-corrected chi connectivity index (χ1v) is 17.0. The van der Waals surface area contributed by atoms with Crippen LogP contribution in [-0.4, -0.2) is 41.6 Å². The molecule has 0 aliphatic heterocycles. The summed E-state index contributed by atoms with van der Waals surface area (Å²) >= 11 is 1.77. The van der Waals surface area contributed by atoms with Crippen LogP contribution in [0.25, 0.3) is 0 Å². The third-order valence-electron chi connectivity index (χ3n) is 4.21. The third-order valence-corrected chi connectivity index (χ3v) is 10.9. The van der Waals surface area contributed by atoms with Gasteiger partial charge in [-0.05, 0) is 31.1 Å². The van der Waals surface area contributed by atoms with E-state index in [1.54, 1.807) is 11.8 Å². The van der Waals surface area contributed by atoms with Crippen molar-refractivity contribution in [1.82, 2.24) is 0 Å². The molecule has 26 heavy (non-hydrogen) atoms. The molecule has 1 atom stereocenters. The summed E-state index contributed by atoms with van der Waals surface area (Å²) in [6.07, 6.45) is 7.66. The van der Waals surface area contributed by atoms with Crippen molar-refractivity contribution in [2.75, 3.05) is 19.8 Å². The first-order valence-electron chi connectivity index (χ1n) is 10.5. The molecule has 0 aromatic carbocycles. The van der Waals surface area contributed by atoms with Crippen LogP contribution in [0.1, 0.15) is 65.7 Å². The van der Waals surface area contributed by atoms with Gasteiger partial charge in [0.1, 0.15) is 0 Å². The molecule has 0 spiro atoms. The molecule has 0 rings (SSSR count). The standard InChI is InChI=1S/C20H44O3SSi2/c1-8-12-16-21-26(22-17-13-9-2,23-18-14-10-3)20(24-11-4)15-19-25(5,6)7/h11,20H,4,8-10,12-19H2,1-3,5-7H3. The van der Waals surface area contributed by atoms with Gasteiger partial charge in [-0.15, -0.1) is 11.8 Å². The second-order valence-electron chi connectivity index (χ2n) is 8.10. The van der Waals surface area contributed by atoms with E-state index in [1.807, 2.05) is 5.41 Å². The Morgan fingerprint density at radius 3 is 1.58 bits per heavy atom. The summed E-state index contributed by atoms with van der Waals surface area (Å²) < 4.78 is 19.5. The minimum atomic E-state index is -2.74. The quantitative estimate of drug-likeness (QED) is 0.178. The van der Waals surface area contributed by atoms with Crippen molar-refractivity contribution >= 4 is 28.6 Å². The molecule has 6 heteroatoms. The smallest absolute Gasteiger partial charge is 0.373 e. The van der Waals surface area contributed by atoms with Gasteiger partial charge in [0.15, 0.2) is 0 Å². The van der Waals surface area contributed by atoms with Gasteiger partial charge >= 0.3 is 8.80 Å². The predicted octanol–water partition coefficient (Wildman–Crippen LogP) is 6.89. The number of rotatable bonds is 18. The Hall–Kier alpha value is 0.404. The van der Waals surface area contributed by atoms with Gasteiger partial charge in [-0.25, -0.2) is 0 Å². The number of hydrogen-bond acceptors (Lipinski definition) is 4. The van der Waals surface area contributed by atoms with Crippen molar-refractivity contribution in [2.24, 2.45) is 0 Å². The molecule has 0 bridgehead atoms. The van der Waals surface area contributed by atoms with Crippen molar-refractivity contribution in [3.05, 3.63) is 12.0 Å². The molecular formula is C20H44O3SSi2. The second-order valence-corrected chi connectivity index (χ2v) is 18.1. The van der Waals surface area contributed by atoms with Crippen molar-refractivity contribution in [2.45, 2.75) is 96.3 Å². The van der Waals surface area contributed by atoms with Crippen molar-refractivity contribution in [3.8, 4) is 0 Å². The van der Waals surface area contributed by atoms with E-state index in [2.05, 4.69) is 47.0 Å². The molecule has 0 aliphatic rings. The first kappa shape index (κ1) is 26.4. The van der Waals surface area contributed by atoms with Gasteiger partial charge in [-0.3, -0.25) is 0 Å². The summed E-state index contributed by atoms with van der Waals surface area (Å²) in [6.45, 7) is 20.1. The number of unbranched alkanes of at least 4 members (excludes halogenated alkanes) is 3. The van der Waals surface area contributed by atoms with Crippen molar-refractivity contribution < 1.29 is 13.3 Å². The summed E-state index contributed by atoms with van der Waals surface area (Å²) in [4.78, 5) is 0.261. The van der Waals surface area contributed by atoms with Crippen LogP contribution >= 0.6 is 11.8 Å². The lowest BCUT2D eigenvalue weighted by molar-refractivity contribution is 0.0543. The predicted molar refractivity (Wildman–Crippen MR) is 123 cm³/mol. The van der Waals surface area contributed by atoms with Gasteiger partial charge in [0.2, 0.25) is 0 Å². The summed E-state index contributed by atoms with van der Waals surface area (Å²) in [6, 6.07) is 1.26. The minimum absolute atomic E-state index is 0.261. The van der Waals surface area contributed by atoms with Gasteiger partial charge < -0.3 is 13.3 Å². The van der Waals surface area contributed by atoms with E-state index in [-0.39, 0.29) is 4.87 Å². The van der Waals surface area contributed by atoms with E-state index in [0.29, 0.717) is 0 Å². The molecule has 0 N–H and O–H groups in total. The van der Waals surface area contributed by atoms with E-state index in [4.69, 9.17) is 13.3 Å². The van der Waals surface area contributed by atoms with Gasteiger partial charge in [0.25, 0.3) is 0 Å². The van der Waals surface area contributed by atoms with E-state index < -0.39 is 16.9 Å². The highest BCUT2D eigenvalue weighted by Gasteiger charge is 2.50. The Labute approximate surface area is 170 Å². The molecule has 0 radical (unpaired) electrons. The highest BCUT2D eigenvalue weighted by Crippen LogP contribution is 2.33. The monoisotopic (exact) mass is 420 g/mol. The van der Waals surface area contributed by atoms with Crippen LogP contribution in [0, 0.1) is 0 Å². The Bertz CT molecular complexity index is 322. The molecule has 0 aliphatic carbocycles. The average molecular weight is 421 g/mol. The first-order chi connectivity index (χ1) is 12.3. The molecular weight excluding hydrogens is 376 g/mol. The van der Waals surface area contributed by atoms with Crippen molar-refractivity contribution in [3.63, 3.8) is 0 Å². The average Bonchev–Trinajstić information content (AvgIpc) is 2.58. The maximum Gasteiger partial charge on any atom is 0.515 e. The molecule has 0 amide bonds. The van der Waals surface area contributed by atoms with E-state index in [9.17, 15) is 0 Å². The molecule has 0 heterocycles.